The molecule has 0 aliphatic heterocycles. The molecule has 3 rings (SSSR count). The van der Waals surface area contributed by atoms with Crippen LogP contribution in [0.15, 0.2) is 18.5 Å². The molecule has 2 heterocycles. The lowest BCUT2D eigenvalue weighted by Crippen LogP contribution is -2.41. The van der Waals surface area contributed by atoms with Crippen molar-refractivity contribution in [2.24, 2.45) is 5.92 Å². The van der Waals surface area contributed by atoms with Gasteiger partial charge in [0.05, 0.1) is 42.6 Å². The molecule has 7 heteroatoms. The fourth-order valence-electron chi connectivity index (χ4n) is 3.20. The maximum Gasteiger partial charge on any atom is 0.225 e. The van der Waals surface area contributed by atoms with Crippen LogP contribution >= 0.6 is 11.3 Å². The van der Waals surface area contributed by atoms with Gasteiger partial charge in [0.15, 0.2) is 0 Å². The van der Waals surface area contributed by atoms with Crippen molar-refractivity contribution in [1.82, 2.24) is 15.3 Å². The van der Waals surface area contributed by atoms with Crippen LogP contribution in [0.25, 0.3) is 0 Å². The smallest absolute Gasteiger partial charge is 0.225 e. The molecule has 0 bridgehead atoms. The molecule has 134 valence electrons. The van der Waals surface area contributed by atoms with Gasteiger partial charge < -0.3 is 15.2 Å². The molecule has 6 nitrogen and oxygen atoms in total. The summed E-state index contributed by atoms with van der Waals surface area (Å²) >= 11 is 1.56. The summed E-state index contributed by atoms with van der Waals surface area (Å²) in [7, 11) is 1.59. The van der Waals surface area contributed by atoms with Gasteiger partial charge in [0.25, 0.3) is 0 Å². The van der Waals surface area contributed by atoms with Gasteiger partial charge in [-0.3, -0.25) is 9.78 Å². The number of aryl methyl sites for hydroxylation is 2. The number of carbonyl (C=O) groups is 1. The number of rotatable bonds is 6. The Labute approximate surface area is 151 Å². The molecule has 0 spiro atoms. The molecule has 1 aliphatic carbocycles. The van der Waals surface area contributed by atoms with Crippen LogP contribution < -0.4 is 10.1 Å². The highest BCUT2D eigenvalue weighted by Crippen LogP contribution is 2.38. The van der Waals surface area contributed by atoms with E-state index in [0.717, 1.165) is 21.1 Å². The number of amides is 1. The van der Waals surface area contributed by atoms with Gasteiger partial charge >= 0.3 is 0 Å². The largest absolute Gasteiger partial charge is 0.495 e. The quantitative estimate of drug-likeness (QED) is 0.825. The summed E-state index contributed by atoms with van der Waals surface area (Å²) in [5.41, 5.74) is 1.82. The highest BCUT2D eigenvalue weighted by molar-refractivity contribution is 7.11. The summed E-state index contributed by atoms with van der Waals surface area (Å²) in [6.45, 7) is 3.87. The molecular weight excluding hydrogens is 338 g/mol. The number of hydrogen-bond acceptors (Lipinski definition) is 6. The zero-order valence-corrected chi connectivity index (χ0v) is 15.5. The number of ether oxygens (including phenoxy) is 1. The molecule has 25 heavy (non-hydrogen) atoms. The maximum atomic E-state index is 12.6. The molecule has 2 aromatic rings. The van der Waals surface area contributed by atoms with E-state index in [1.54, 1.807) is 30.8 Å². The van der Waals surface area contributed by atoms with Crippen LogP contribution in [0.4, 0.5) is 0 Å². The molecule has 0 aromatic carbocycles. The number of thiazole rings is 1. The van der Waals surface area contributed by atoms with E-state index in [1.165, 1.54) is 0 Å². The van der Waals surface area contributed by atoms with Crippen molar-refractivity contribution < 1.29 is 14.6 Å². The number of pyridine rings is 1. The minimum Gasteiger partial charge on any atom is -0.495 e. The van der Waals surface area contributed by atoms with Crippen molar-refractivity contribution in [1.29, 1.82) is 0 Å². The van der Waals surface area contributed by atoms with E-state index in [-0.39, 0.29) is 24.0 Å². The topological polar surface area (TPSA) is 84.3 Å². The first-order valence-corrected chi connectivity index (χ1v) is 9.17. The molecule has 2 N–H and O–H groups in total. The zero-order valence-electron chi connectivity index (χ0n) is 14.7. The van der Waals surface area contributed by atoms with E-state index in [9.17, 15) is 9.90 Å². The average Bonchev–Trinajstić information content (AvgIpc) is 2.87. The Morgan fingerprint density at radius 1 is 1.44 bits per heavy atom. The van der Waals surface area contributed by atoms with Gasteiger partial charge in [-0.2, -0.15) is 0 Å². The second-order valence-corrected chi connectivity index (χ2v) is 7.79. The van der Waals surface area contributed by atoms with Crippen LogP contribution in [0.5, 0.6) is 5.75 Å². The second-order valence-electron chi connectivity index (χ2n) is 6.51. The van der Waals surface area contributed by atoms with Gasteiger partial charge in [-0.15, -0.1) is 11.3 Å². The monoisotopic (exact) mass is 361 g/mol. The summed E-state index contributed by atoms with van der Waals surface area (Å²) in [6.07, 6.45) is 4.79. The number of aliphatic hydroxyl groups is 1. The standard InChI is InChI=1S/C18H23N3O3S/c1-10-16(25-11(2)20-10)7-17(23)21-18(12-4-14(22)5-12)13-6-15(24-3)9-19-8-13/h6,8-9,12,14,18,22H,4-5,7H2,1-3H3,(H,21,23)/t12?,14?,18-/m0/s1. The van der Waals surface area contributed by atoms with Crippen LogP contribution in [-0.2, 0) is 11.2 Å². The predicted molar refractivity (Wildman–Crippen MR) is 95.7 cm³/mol. The summed E-state index contributed by atoms with van der Waals surface area (Å²) < 4.78 is 5.25. The van der Waals surface area contributed by atoms with Gasteiger partial charge in [0.2, 0.25) is 5.91 Å². The third-order valence-corrected chi connectivity index (χ3v) is 5.66. The lowest BCUT2D eigenvalue weighted by atomic mass is 9.75. The molecule has 1 fully saturated rings. The molecule has 2 aromatic heterocycles. The van der Waals surface area contributed by atoms with Crippen LogP contribution in [0.1, 0.15) is 40.0 Å². The Balaban J connectivity index is 1.75. The van der Waals surface area contributed by atoms with E-state index >= 15 is 0 Å². The first-order valence-electron chi connectivity index (χ1n) is 8.35. The molecule has 0 radical (unpaired) electrons. The molecule has 1 amide bonds. The summed E-state index contributed by atoms with van der Waals surface area (Å²) in [5.74, 6) is 0.823. The van der Waals surface area contributed by atoms with Crippen molar-refractivity contribution in [3.8, 4) is 5.75 Å². The Bertz CT molecular complexity index is 756. The third kappa shape index (κ3) is 4.16. The minimum atomic E-state index is -0.283. The van der Waals surface area contributed by atoms with Crippen molar-refractivity contribution in [2.45, 2.75) is 45.3 Å². The van der Waals surface area contributed by atoms with Crippen molar-refractivity contribution >= 4 is 17.2 Å². The van der Waals surface area contributed by atoms with E-state index < -0.39 is 0 Å². The number of aliphatic hydroxyl groups excluding tert-OH is 1. The SMILES string of the molecule is COc1cncc([C@@H](NC(=O)Cc2sc(C)nc2C)C2CC(O)C2)c1. The molecular formula is C18H23N3O3S. The number of nitrogens with zero attached hydrogens (tertiary/aromatic N) is 2. The first kappa shape index (κ1) is 17.8. The van der Waals surface area contributed by atoms with E-state index in [1.807, 2.05) is 19.9 Å². The zero-order chi connectivity index (χ0) is 18.0. The van der Waals surface area contributed by atoms with Crippen molar-refractivity contribution in [3.05, 3.63) is 39.6 Å². The number of aromatic nitrogens is 2. The van der Waals surface area contributed by atoms with Crippen LogP contribution in [0.2, 0.25) is 0 Å². The van der Waals surface area contributed by atoms with Gasteiger partial charge in [-0.25, -0.2) is 4.98 Å². The highest BCUT2D eigenvalue weighted by atomic mass is 32.1. The Kier molecular flexibility index (Phi) is 5.34. The normalized spacial score (nSPS) is 20.6. The lowest BCUT2D eigenvalue weighted by Gasteiger charge is -2.38. The van der Waals surface area contributed by atoms with Gasteiger partial charge in [-0.1, -0.05) is 0 Å². The Morgan fingerprint density at radius 2 is 2.20 bits per heavy atom. The number of methoxy groups -OCH3 is 1. The summed E-state index contributed by atoms with van der Waals surface area (Å²) in [5, 5.41) is 13.8. The van der Waals surface area contributed by atoms with Crippen LogP contribution in [0.3, 0.4) is 0 Å². The third-order valence-electron chi connectivity index (χ3n) is 4.59. The van der Waals surface area contributed by atoms with Crippen molar-refractivity contribution in [2.75, 3.05) is 7.11 Å². The van der Waals surface area contributed by atoms with E-state index in [2.05, 4.69) is 15.3 Å². The molecule has 0 saturated heterocycles. The number of carbonyl (C=O) groups excluding carboxylic acids is 1. The highest BCUT2D eigenvalue weighted by Gasteiger charge is 2.36. The minimum absolute atomic E-state index is 0.0408. The maximum absolute atomic E-state index is 12.6. The fourth-order valence-corrected chi connectivity index (χ4v) is 4.14. The number of hydrogen-bond donors (Lipinski definition) is 2. The number of nitrogens with one attached hydrogen (secondary N) is 1. The Morgan fingerprint density at radius 3 is 2.80 bits per heavy atom. The molecule has 0 unspecified atom stereocenters. The Hall–Kier alpha value is -1.99. The van der Waals surface area contributed by atoms with Gasteiger partial charge in [-0.05, 0) is 44.2 Å². The van der Waals surface area contributed by atoms with E-state index in [0.29, 0.717) is 25.0 Å². The first-order chi connectivity index (χ1) is 12.0. The molecule has 1 saturated carbocycles. The van der Waals surface area contributed by atoms with Crippen LogP contribution in [-0.4, -0.2) is 34.2 Å². The summed E-state index contributed by atoms with van der Waals surface area (Å²) in [6, 6.07) is 1.72. The lowest BCUT2D eigenvalue weighted by molar-refractivity contribution is -0.122. The summed E-state index contributed by atoms with van der Waals surface area (Å²) in [4.78, 5) is 22.2. The molecule has 1 atom stereocenters. The average molecular weight is 361 g/mol. The van der Waals surface area contributed by atoms with Gasteiger partial charge in [0.1, 0.15) is 5.75 Å². The fraction of sp³-hybridized carbons (Fsp3) is 0.500. The van der Waals surface area contributed by atoms with Crippen LogP contribution in [0, 0.1) is 19.8 Å². The van der Waals surface area contributed by atoms with E-state index in [4.69, 9.17) is 4.74 Å². The van der Waals surface area contributed by atoms with Crippen molar-refractivity contribution in [3.63, 3.8) is 0 Å². The predicted octanol–water partition coefficient (Wildman–Crippen LogP) is 2.33. The van der Waals surface area contributed by atoms with Gasteiger partial charge in [0, 0.05) is 11.1 Å². The molecule has 1 aliphatic rings. The second kappa shape index (κ2) is 7.49.